The zero-order valence-electron chi connectivity index (χ0n) is 9.42. The van der Waals surface area contributed by atoms with Crippen molar-refractivity contribution in [3.63, 3.8) is 0 Å². The minimum atomic E-state index is 0.303. The molecule has 1 heterocycles. The lowest BCUT2D eigenvalue weighted by Crippen LogP contribution is -2.37. The Morgan fingerprint density at radius 1 is 1.29 bits per heavy atom. The van der Waals surface area contributed by atoms with Gasteiger partial charge in [-0.15, -0.1) is 0 Å². The molecule has 0 aromatic rings. The Morgan fingerprint density at radius 2 is 2.00 bits per heavy atom. The van der Waals surface area contributed by atoms with Crippen LogP contribution in [0.2, 0.25) is 0 Å². The molecule has 1 saturated carbocycles. The van der Waals surface area contributed by atoms with Crippen LogP contribution in [0.3, 0.4) is 0 Å². The molecule has 2 N–H and O–H groups in total. The molecule has 2 aliphatic rings. The fourth-order valence-corrected chi connectivity index (χ4v) is 3.01. The molecule has 1 aliphatic carbocycles. The first-order valence-corrected chi connectivity index (χ1v) is 5.99. The van der Waals surface area contributed by atoms with E-state index in [-0.39, 0.29) is 0 Å². The van der Waals surface area contributed by atoms with Gasteiger partial charge in [0.25, 0.3) is 0 Å². The summed E-state index contributed by atoms with van der Waals surface area (Å²) in [5, 5.41) is 12.5. The molecule has 1 saturated heterocycles. The van der Waals surface area contributed by atoms with Crippen molar-refractivity contribution in [1.82, 2.24) is 5.32 Å². The van der Waals surface area contributed by atoms with Gasteiger partial charge in [0.1, 0.15) is 0 Å². The van der Waals surface area contributed by atoms with Crippen LogP contribution in [0.15, 0.2) is 0 Å². The molecule has 1 unspecified atom stereocenters. The van der Waals surface area contributed by atoms with Crippen LogP contribution >= 0.6 is 0 Å². The third-order valence-corrected chi connectivity index (χ3v) is 4.65. The second-order valence-electron chi connectivity index (χ2n) is 5.67. The topological polar surface area (TPSA) is 32.3 Å². The van der Waals surface area contributed by atoms with Gasteiger partial charge >= 0.3 is 0 Å². The summed E-state index contributed by atoms with van der Waals surface area (Å²) in [5.74, 6) is 1.71. The van der Waals surface area contributed by atoms with Crippen LogP contribution in [0.5, 0.6) is 0 Å². The van der Waals surface area contributed by atoms with E-state index in [4.69, 9.17) is 5.11 Å². The first-order chi connectivity index (χ1) is 6.64. The summed E-state index contributed by atoms with van der Waals surface area (Å²) < 4.78 is 0. The molecule has 1 aliphatic heterocycles. The number of nitrogens with one attached hydrogen (secondary N) is 1. The number of aliphatic hydroxyl groups is 1. The fourth-order valence-electron chi connectivity index (χ4n) is 3.01. The minimum absolute atomic E-state index is 0.303. The Bertz CT molecular complexity index is 198. The van der Waals surface area contributed by atoms with Crippen LogP contribution in [0.4, 0.5) is 0 Å². The summed E-state index contributed by atoms with van der Waals surface area (Å²) in [4.78, 5) is 0. The average molecular weight is 197 g/mol. The third kappa shape index (κ3) is 1.70. The molecule has 0 spiro atoms. The van der Waals surface area contributed by atoms with Crippen molar-refractivity contribution in [2.75, 3.05) is 13.2 Å². The number of rotatable bonds is 3. The number of hydrogen-bond acceptors (Lipinski definition) is 2. The van der Waals surface area contributed by atoms with Gasteiger partial charge in [0.2, 0.25) is 0 Å². The van der Waals surface area contributed by atoms with Crippen molar-refractivity contribution in [2.24, 2.45) is 17.3 Å². The van der Waals surface area contributed by atoms with Gasteiger partial charge in [-0.25, -0.2) is 0 Å². The van der Waals surface area contributed by atoms with Gasteiger partial charge in [-0.1, -0.05) is 20.3 Å². The second-order valence-corrected chi connectivity index (χ2v) is 5.67. The largest absolute Gasteiger partial charge is 0.395 e. The molecule has 0 bridgehead atoms. The minimum Gasteiger partial charge on any atom is -0.395 e. The van der Waals surface area contributed by atoms with Crippen LogP contribution in [-0.2, 0) is 0 Å². The van der Waals surface area contributed by atoms with Crippen LogP contribution in [0.25, 0.3) is 0 Å². The highest BCUT2D eigenvalue weighted by atomic mass is 16.3. The Morgan fingerprint density at radius 3 is 2.43 bits per heavy atom. The monoisotopic (exact) mass is 197 g/mol. The SMILES string of the molecule is CC(C)(C1CCC1)C1CN[C@H](CO)C1. The summed E-state index contributed by atoms with van der Waals surface area (Å²) in [6.07, 6.45) is 5.44. The summed E-state index contributed by atoms with van der Waals surface area (Å²) in [6, 6.07) is 0.361. The maximum Gasteiger partial charge on any atom is 0.0584 e. The van der Waals surface area contributed by atoms with Gasteiger partial charge in [-0.05, 0) is 43.1 Å². The standard InChI is InChI=1S/C12H23NO/c1-12(2,9-4-3-5-9)10-6-11(8-14)13-7-10/h9-11,13-14H,3-8H2,1-2H3/t10?,11-/m0/s1. The lowest BCUT2D eigenvalue weighted by molar-refractivity contribution is 0.0614. The van der Waals surface area contributed by atoms with E-state index >= 15 is 0 Å². The van der Waals surface area contributed by atoms with Gasteiger partial charge in [-0.3, -0.25) is 0 Å². The Kier molecular flexibility index (Phi) is 2.85. The zero-order valence-corrected chi connectivity index (χ0v) is 9.42. The normalized spacial score (nSPS) is 34.5. The van der Waals surface area contributed by atoms with E-state index in [1.54, 1.807) is 0 Å². The summed E-state index contributed by atoms with van der Waals surface area (Å²) >= 11 is 0. The Labute approximate surface area is 87.1 Å². The number of hydrogen-bond donors (Lipinski definition) is 2. The average Bonchev–Trinajstić information content (AvgIpc) is 2.47. The lowest BCUT2D eigenvalue weighted by Gasteiger charge is -2.44. The molecular formula is C12H23NO. The number of aliphatic hydroxyl groups excluding tert-OH is 1. The molecule has 2 rings (SSSR count). The Hall–Kier alpha value is -0.0800. The zero-order chi connectivity index (χ0) is 10.2. The molecule has 2 fully saturated rings. The highest BCUT2D eigenvalue weighted by molar-refractivity contribution is 4.95. The molecule has 2 atom stereocenters. The van der Waals surface area contributed by atoms with Gasteiger partial charge in [0, 0.05) is 6.04 Å². The van der Waals surface area contributed by atoms with Crippen molar-refractivity contribution in [1.29, 1.82) is 0 Å². The third-order valence-electron chi connectivity index (χ3n) is 4.65. The van der Waals surface area contributed by atoms with Gasteiger partial charge in [-0.2, -0.15) is 0 Å². The first-order valence-electron chi connectivity index (χ1n) is 5.99. The van der Waals surface area contributed by atoms with Crippen LogP contribution in [0, 0.1) is 17.3 Å². The van der Waals surface area contributed by atoms with Crippen molar-refractivity contribution in [3.8, 4) is 0 Å². The second kappa shape index (κ2) is 3.82. The highest BCUT2D eigenvalue weighted by Crippen LogP contribution is 2.48. The highest BCUT2D eigenvalue weighted by Gasteiger charge is 2.42. The maximum atomic E-state index is 9.10. The van der Waals surface area contributed by atoms with Gasteiger partial charge in [0.05, 0.1) is 6.61 Å². The lowest BCUT2D eigenvalue weighted by atomic mass is 9.61. The van der Waals surface area contributed by atoms with Gasteiger partial charge in [0.15, 0.2) is 0 Å². The van der Waals surface area contributed by atoms with Crippen molar-refractivity contribution >= 4 is 0 Å². The molecule has 2 heteroatoms. The molecule has 0 radical (unpaired) electrons. The first kappa shape index (κ1) is 10.4. The van der Waals surface area contributed by atoms with E-state index in [2.05, 4.69) is 19.2 Å². The summed E-state index contributed by atoms with van der Waals surface area (Å²) in [6.45, 7) is 6.25. The summed E-state index contributed by atoms with van der Waals surface area (Å²) in [5.41, 5.74) is 0.481. The van der Waals surface area contributed by atoms with Gasteiger partial charge < -0.3 is 10.4 Å². The molecule has 0 aromatic heterocycles. The van der Waals surface area contributed by atoms with Crippen molar-refractivity contribution < 1.29 is 5.11 Å². The van der Waals surface area contributed by atoms with Crippen molar-refractivity contribution in [2.45, 2.75) is 45.6 Å². The molecule has 14 heavy (non-hydrogen) atoms. The molecule has 2 nitrogen and oxygen atoms in total. The predicted molar refractivity (Wildman–Crippen MR) is 58.1 cm³/mol. The van der Waals surface area contributed by atoms with E-state index in [0.717, 1.165) is 18.4 Å². The van der Waals surface area contributed by atoms with E-state index < -0.39 is 0 Å². The fraction of sp³-hybridized carbons (Fsp3) is 1.00. The van der Waals surface area contributed by atoms with E-state index in [9.17, 15) is 0 Å². The molecule has 0 amide bonds. The maximum absolute atomic E-state index is 9.10. The quantitative estimate of drug-likeness (QED) is 0.723. The van der Waals surface area contributed by atoms with Crippen LogP contribution in [-0.4, -0.2) is 24.3 Å². The smallest absolute Gasteiger partial charge is 0.0584 e. The predicted octanol–water partition coefficient (Wildman–Crippen LogP) is 1.78. The van der Waals surface area contributed by atoms with E-state index in [1.807, 2.05) is 0 Å². The van der Waals surface area contributed by atoms with Crippen molar-refractivity contribution in [3.05, 3.63) is 0 Å². The van der Waals surface area contributed by atoms with E-state index in [0.29, 0.717) is 18.1 Å². The molecule has 0 aromatic carbocycles. The molecule has 82 valence electrons. The molecular weight excluding hydrogens is 174 g/mol. The summed E-state index contributed by atoms with van der Waals surface area (Å²) in [7, 11) is 0. The van der Waals surface area contributed by atoms with Crippen LogP contribution < -0.4 is 5.32 Å². The Balaban J connectivity index is 1.93. The van der Waals surface area contributed by atoms with E-state index in [1.165, 1.54) is 25.7 Å². The van der Waals surface area contributed by atoms with Crippen LogP contribution in [0.1, 0.15) is 39.5 Å².